The minimum absolute atomic E-state index is 0.0259. The molecular formula is C24H25N5O. The molecule has 3 heterocycles. The van der Waals surface area contributed by atoms with E-state index < -0.39 is 0 Å². The predicted molar refractivity (Wildman–Crippen MR) is 117 cm³/mol. The molecule has 0 unspecified atom stereocenters. The molecule has 6 rings (SSSR count). The van der Waals surface area contributed by atoms with E-state index in [4.69, 9.17) is 0 Å². The van der Waals surface area contributed by atoms with E-state index in [0.29, 0.717) is 12.0 Å². The Bertz CT molecular complexity index is 1240. The smallest absolute Gasteiger partial charge is 0.249 e. The molecule has 30 heavy (non-hydrogen) atoms. The van der Waals surface area contributed by atoms with Gasteiger partial charge in [0.15, 0.2) is 5.65 Å². The van der Waals surface area contributed by atoms with Crippen molar-refractivity contribution >= 4 is 28.4 Å². The maximum atomic E-state index is 12.1. The minimum Gasteiger partial charge on any atom is -0.344 e. The van der Waals surface area contributed by atoms with Crippen molar-refractivity contribution in [2.24, 2.45) is 5.92 Å². The molecule has 0 bridgehead atoms. The maximum Gasteiger partial charge on any atom is 0.249 e. The number of pyridine rings is 1. The quantitative estimate of drug-likeness (QED) is 0.513. The molecular weight excluding hydrogens is 374 g/mol. The lowest BCUT2D eigenvalue weighted by atomic mass is 9.95. The van der Waals surface area contributed by atoms with Crippen LogP contribution in [0.1, 0.15) is 51.0 Å². The van der Waals surface area contributed by atoms with Crippen molar-refractivity contribution in [1.82, 2.24) is 19.2 Å². The van der Waals surface area contributed by atoms with Gasteiger partial charge in [0.1, 0.15) is 0 Å². The SMILES string of the molecule is O=C(Nc1nc2cccc(-c3ccc4c(ccn4C4CCCCC4)c3)n2n1)C1CC1. The van der Waals surface area contributed by atoms with Gasteiger partial charge in [-0.1, -0.05) is 31.4 Å². The number of carbonyl (C=O) groups is 1. The Morgan fingerprint density at radius 1 is 1.00 bits per heavy atom. The number of nitrogens with zero attached hydrogens (tertiary/aromatic N) is 4. The van der Waals surface area contributed by atoms with Crippen LogP contribution in [0.3, 0.4) is 0 Å². The second-order valence-corrected chi connectivity index (χ2v) is 8.67. The molecule has 4 aromatic rings. The number of benzene rings is 1. The molecule has 2 saturated carbocycles. The molecule has 6 heteroatoms. The third-order valence-corrected chi connectivity index (χ3v) is 6.53. The monoisotopic (exact) mass is 399 g/mol. The van der Waals surface area contributed by atoms with Crippen molar-refractivity contribution in [3.8, 4) is 11.3 Å². The molecule has 0 saturated heterocycles. The number of aromatic nitrogens is 4. The molecule has 0 aliphatic heterocycles. The number of carbonyl (C=O) groups excluding carboxylic acids is 1. The Morgan fingerprint density at radius 2 is 1.87 bits per heavy atom. The highest BCUT2D eigenvalue weighted by atomic mass is 16.2. The molecule has 3 aromatic heterocycles. The molecule has 2 fully saturated rings. The van der Waals surface area contributed by atoms with Gasteiger partial charge >= 0.3 is 0 Å². The second-order valence-electron chi connectivity index (χ2n) is 8.67. The largest absolute Gasteiger partial charge is 0.344 e. The molecule has 6 nitrogen and oxygen atoms in total. The number of nitrogens with one attached hydrogen (secondary N) is 1. The van der Waals surface area contributed by atoms with Crippen LogP contribution in [0, 0.1) is 5.92 Å². The fourth-order valence-electron chi connectivity index (χ4n) is 4.74. The van der Waals surface area contributed by atoms with E-state index in [-0.39, 0.29) is 11.8 Å². The van der Waals surface area contributed by atoms with E-state index >= 15 is 0 Å². The lowest BCUT2D eigenvalue weighted by Gasteiger charge is -2.24. The summed E-state index contributed by atoms with van der Waals surface area (Å²) in [4.78, 5) is 16.6. The summed E-state index contributed by atoms with van der Waals surface area (Å²) in [6.45, 7) is 0. The van der Waals surface area contributed by atoms with Gasteiger partial charge in [0.05, 0.1) is 5.69 Å². The van der Waals surface area contributed by atoms with Crippen molar-refractivity contribution in [2.45, 2.75) is 51.0 Å². The van der Waals surface area contributed by atoms with Gasteiger partial charge in [-0.2, -0.15) is 4.98 Å². The summed E-state index contributed by atoms with van der Waals surface area (Å²) in [6.07, 6.45) is 10.7. The summed E-state index contributed by atoms with van der Waals surface area (Å²) in [5.41, 5.74) is 4.10. The molecule has 0 atom stereocenters. The van der Waals surface area contributed by atoms with E-state index in [0.717, 1.165) is 29.7 Å². The van der Waals surface area contributed by atoms with Gasteiger partial charge in [-0.3, -0.25) is 10.1 Å². The molecule has 0 spiro atoms. The first-order chi connectivity index (χ1) is 14.8. The van der Waals surface area contributed by atoms with E-state index in [9.17, 15) is 4.79 Å². The molecule has 1 amide bonds. The van der Waals surface area contributed by atoms with Crippen LogP contribution in [0.2, 0.25) is 0 Å². The van der Waals surface area contributed by atoms with E-state index in [2.05, 4.69) is 50.4 Å². The maximum absolute atomic E-state index is 12.1. The number of fused-ring (bicyclic) bond motifs is 2. The van der Waals surface area contributed by atoms with Crippen LogP contribution >= 0.6 is 0 Å². The summed E-state index contributed by atoms with van der Waals surface area (Å²) in [6, 6.07) is 15.4. The van der Waals surface area contributed by atoms with Crippen LogP contribution in [0.4, 0.5) is 5.95 Å². The highest BCUT2D eigenvalue weighted by Crippen LogP contribution is 2.33. The molecule has 1 aromatic carbocycles. The fourth-order valence-corrected chi connectivity index (χ4v) is 4.74. The summed E-state index contributed by atoms with van der Waals surface area (Å²) < 4.78 is 4.28. The molecule has 2 aliphatic rings. The Hall–Kier alpha value is -3.15. The Kier molecular flexibility index (Phi) is 4.11. The first-order valence-electron chi connectivity index (χ1n) is 11.0. The van der Waals surface area contributed by atoms with E-state index in [1.165, 1.54) is 43.0 Å². The average molecular weight is 399 g/mol. The van der Waals surface area contributed by atoms with Gasteiger partial charge in [0.2, 0.25) is 11.9 Å². The van der Waals surface area contributed by atoms with Gasteiger partial charge < -0.3 is 4.57 Å². The Morgan fingerprint density at radius 3 is 2.70 bits per heavy atom. The minimum atomic E-state index is 0.0259. The summed E-state index contributed by atoms with van der Waals surface area (Å²) in [5, 5.41) is 8.67. The van der Waals surface area contributed by atoms with Crippen LogP contribution in [-0.2, 0) is 4.79 Å². The zero-order chi connectivity index (χ0) is 20.1. The third kappa shape index (κ3) is 3.07. The average Bonchev–Trinajstić information content (AvgIpc) is 3.42. The highest BCUT2D eigenvalue weighted by molar-refractivity contribution is 5.92. The molecule has 152 valence electrons. The first-order valence-corrected chi connectivity index (χ1v) is 11.0. The Labute approximate surface area is 174 Å². The van der Waals surface area contributed by atoms with Crippen LogP contribution in [-0.4, -0.2) is 25.1 Å². The van der Waals surface area contributed by atoms with Gasteiger partial charge in [-0.15, -0.1) is 5.10 Å². The van der Waals surface area contributed by atoms with Gasteiger partial charge in [-0.05, 0) is 56.0 Å². The molecule has 0 radical (unpaired) electrons. The summed E-state index contributed by atoms with van der Waals surface area (Å²) in [5.74, 6) is 0.536. The number of hydrogen-bond acceptors (Lipinski definition) is 3. The van der Waals surface area contributed by atoms with Crippen LogP contribution in [0.15, 0.2) is 48.7 Å². The second kappa shape index (κ2) is 6.97. The van der Waals surface area contributed by atoms with Crippen molar-refractivity contribution in [1.29, 1.82) is 0 Å². The topological polar surface area (TPSA) is 64.2 Å². The lowest BCUT2D eigenvalue weighted by molar-refractivity contribution is -0.117. The number of hydrogen-bond donors (Lipinski definition) is 1. The fraction of sp³-hybridized carbons (Fsp3) is 0.375. The van der Waals surface area contributed by atoms with Crippen LogP contribution in [0.5, 0.6) is 0 Å². The zero-order valence-electron chi connectivity index (χ0n) is 16.9. The zero-order valence-corrected chi connectivity index (χ0v) is 16.9. The van der Waals surface area contributed by atoms with Crippen LogP contribution < -0.4 is 5.32 Å². The number of anilines is 1. The van der Waals surface area contributed by atoms with Crippen molar-refractivity contribution < 1.29 is 4.79 Å². The molecule has 2 aliphatic carbocycles. The number of amides is 1. The van der Waals surface area contributed by atoms with Gasteiger partial charge in [0, 0.05) is 34.6 Å². The van der Waals surface area contributed by atoms with Crippen molar-refractivity contribution in [2.75, 3.05) is 5.32 Å². The normalized spacial score (nSPS) is 17.6. The van der Waals surface area contributed by atoms with Crippen molar-refractivity contribution in [3.05, 3.63) is 48.7 Å². The summed E-state index contributed by atoms with van der Waals surface area (Å²) >= 11 is 0. The van der Waals surface area contributed by atoms with Gasteiger partial charge in [-0.25, -0.2) is 4.52 Å². The lowest BCUT2D eigenvalue weighted by Crippen LogP contribution is -2.14. The standard InChI is InChI=1S/C24H25N5O/c30-23(16-9-10-16)26-24-25-22-8-4-7-21(29(22)27-24)17-11-12-20-18(15-17)13-14-28(20)19-5-2-1-3-6-19/h4,7-8,11-16,19H,1-3,5-6,9-10H2,(H,26,27,30). The summed E-state index contributed by atoms with van der Waals surface area (Å²) in [7, 11) is 0. The van der Waals surface area contributed by atoms with Crippen molar-refractivity contribution in [3.63, 3.8) is 0 Å². The Balaban J connectivity index is 1.36. The molecule has 1 N–H and O–H groups in total. The van der Waals surface area contributed by atoms with E-state index in [1.807, 2.05) is 22.7 Å². The van der Waals surface area contributed by atoms with Crippen LogP contribution in [0.25, 0.3) is 27.8 Å². The first kappa shape index (κ1) is 17.7. The van der Waals surface area contributed by atoms with Gasteiger partial charge in [0.25, 0.3) is 0 Å². The number of rotatable bonds is 4. The predicted octanol–water partition coefficient (Wildman–Crippen LogP) is 5.20. The van der Waals surface area contributed by atoms with E-state index in [1.54, 1.807) is 0 Å². The third-order valence-electron chi connectivity index (χ3n) is 6.53. The highest BCUT2D eigenvalue weighted by Gasteiger charge is 2.30.